The van der Waals surface area contributed by atoms with Gasteiger partial charge in [-0.05, 0) is 18.2 Å². The van der Waals surface area contributed by atoms with Crippen LogP contribution >= 0.6 is 0 Å². The molecule has 0 atom stereocenters. The van der Waals surface area contributed by atoms with Crippen molar-refractivity contribution in [3.8, 4) is 0 Å². The average molecular weight is 204 g/mol. The van der Waals surface area contributed by atoms with Crippen molar-refractivity contribution >= 4 is 11.6 Å². The van der Waals surface area contributed by atoms with Gasteiger partial charge in [-0.3, -0.25) is 4.79 Å². The maximum atomic E-state index is 12.2. The van der Waals surface area contributed by atoms with E-state index in [1.165, 1.54) is 0 Å². The summed E-state index contributed by atoms with van der Waals surface area (Å²) < 4.78 is 36.6. The van der Waals surface area contributed by atoms with E-state index in [0.29, 0.717) is 0 Å². The van der Waals surface area contributed by atoms with Crippen LogP contribution < -0.4 is 11.5 Å². The van der Waals surface area contributed by atoms with E-state index in [1.807, 2.05) is 0 Å². The maximum Gasteiger partial charge on any atom is 0.418 e. The molecule has 76 valence electrons. The van der Waals surface area contributed by atoms with E-state index in [9.17, 15) is 18.0 Å². The van der Waals surface area contributed by atoms with Crippen molar-refractivity contribution in [3.05, 3.63) is 29.3 Å². The highest BCUT2D eigenvalue weighted by Crippen LogP contribution is 2.33. The summed E-state index contributed by atoms with van der Waals surface area (Å²) in [6.07, 6.45) is -4.51. The summed E-state index contributed by atoms with van der Waals surface area (Å²) in [5.41, 5.74) is 8.46. The summed E-state index contributed by atoms with van der Waals surface area (Å²) >= 11 is 0. The lowest BCUT2D eigenvalue weighted by molar-refractivity contribution is -0.136. The first-order valence-corrected chi connectivity index (χ1v) is 3.59. The third-order valence-electron chi connectivity index (χ3n) is 1.64. The Balaban J connectivity index is 3.21. The zero-order valence-electron chi connectivity index (χ0n) is 6.93. The van der Waals surface area contributed by atoms with E-state index in [2.05, 4.69) is 0 Å². The highest BCUT2D eigenvalue weighted by molar-refractivity contribution is 5.93. The van der Waals surface area contributed by atoms with E-state index in [-0.39, 0.29) is 5.56 Å². The standard InChI is InChI=1S/C8H7F3N2O/c9-8(10,11)5-2-1-4(7(13)14)3-6(5)12/h1-3H,12H2,(H2,13,14). The Hall–Kier alpha value is -1.72. The topological polar surface area (TPSA) is 69.1 Å². The van der Waals surface area contributed by atoms with Crippen molar-refractivity contribution in [1.29, 1.82) is 0 Å². The molecular formula is C8H7F3N2O. The third kappa shape index (κ3) is 1.95. The molecule has 14 heavy (non-hydrogen) atoms. The van der Waals surface area contributed by atoms with Crippen molar-refractivity contribution in [3.63, 3.8) is 0 Å². The monoisotopic (exact) mass is 204 g/mol. The Kier molecular flexibility index (Phi) is 2.37. The Labute approximate surface area is 77.5 Å². The second-order valence-electron chi connectivity index (χ2n) is 2.66. The Morgan fingerprint density at radius 1 is 1.29 bits per heavy atom. The first kappa shape index (κ1) is 10.4. The molecule has 6 heteroatoms. The molecule has 1 amide bonds. The minimum absolute atomic E-state index is 0.0458. The van der Waals surface area contributed by atoms with Gasteiger partial charge in [-0.2, -0.15) is 13.2 Å². The molecule has 1 aromatic carbocycles. The fourth-order valence-electron chi connectivity index (χ4n) is 0.974. The van der Waals surface area contributed by atoms with Crippen LogP contribution in [-0.4, -0.2) is 5.91 Å². The van der Waals surface area contributed by atoms with Crippen LogP contribution in [0.15, 0.2) is 18.2 Å². The molecule has 0 unspecified atom stereocenters. The molecule has 0 spiro atoms. The molecule has 0 aromatic heterocycles. The fraction of sp³-hybridized carbons (Fsp3) is 0.125. The van der Waals surface area contributed by atoms with Crippen LogP contribution in [0.2, 0.25) is 0 Å². The van der Waals surface area contributed by atoms with Crippen molar-refractivity contribution in [2.75, 3.05) is 5.73 Å². The summed E-state index contributed by atoms with van der Waals surface area (Å²) in [6, 6.07) is 2.63. The second-order valence-corrected chi connectivity index (χ2v) is 2.66. The number of alkyl halides is 3. The summed E-state index contributed by atoms with van der Waals surface area (Å²) in [6.45, 7) is 0. The number of hydrogen-bond donors (Lipinski definition) is 2. The summed E-state index contributed by atoms with van der Waals surface area (Å²) in [5.74, 6) is -0.814. The van der Waals surface area contributed by atoms with Gasteiger partial charge in [-0.15, -0.1) is 0 Å². The first-order valence-electron chi connectivity index (χ1n) is 3.59. The van der Waals surface area contributed by atoms with Gasteiger partial charge in [0.05, 0.1) is 5.56 Å². The molecular weight excluding hydrogens is 197 g/mol. The van der Waals surface area contributed by atoms with E-state index >= 15 is 0 Å². The van der Waals surface area contributed by atoms with Gasteiger partial charge >= 0.3 is 6.18 Å². The largest absolute Gasteiger partial charge is 0.418 e. The lowest BCUT2D eigenvalue weighted by Crippen LogP contribution is -2.14. The number of nitrogens with two attached hydrogens (primary N) is 2. The van der Waals surface area contributed by atoms with Crippen molar-refractivity contribution < 1.29 is 18.0 Å². The number of carbonyl (C=O) groups is 1. The Morgan fingerprint density at radius 2 is 1.86 bits per heavy atom. The predicted molar refractivity (Wildman–Crippen MR) is 44.4 cm³/mol. The summed E-state index contributed by atoms with van der Waals surface area (Å²) in [5, 5.41) is 0. The molecule has 0 fully saturated rings. The molecule has 0 saturated carbocycles. The molecule has 0 aliphatic heterocycles. The van der Waals surface area contributed by atoms with Crippen LogP contribution in [-0.2, 0) is 6.18 Å². The molecule has 1 rings (SSSR count). The molecule has 0 saturated heterocycles. The highest BCUT2D eigenvalue weighted by atomic mass is 19.4. The number of primary amides is 1. The van der Waals surface area contributed by atoms with Gasteiger partial charge in [0.2, 0.25) is 5.91 Å². The summed E-state index contributed by atoms with van der Waals surface area (Å²) in [4.78, 5) is 10.6. The van der Waals surface area contributed by atoms with E-state index < -0.39 is 23.3 Å². The van der Waals surface area contributed by atoms with Gasteiger partial charge in [0.25, 0.3) is 0 Å². The maximum absolute atomic E-state index is 12.2. The van der Waals surface area contributed by atoms with Crippen LogP contribution in [0.4, 0.5) is 18.9 Å². The fourth-order valence-corrected chi connectivity index (χ4v) is 0.974. The van der Waals surface area contributed by atoms with Gasteiger partial charge in [0, 0.05) is 11.3 Å². The molecule has 4 N–H and O–H groups in total. The van der Waals surface area contributed by atoms with Crippen LogP contribution in [0.5, 0.6) is 0 Å². The van der Waals surface area contributed by atoms with E-state index in [0.717, 1.165) is 18.2 Å². The molecule has 0 aliphatic carbocycles. The molecule has 0 radical (unpaired) electrons. The van der Waals surface area contributed by atoms with E-state index in [4.69, 9.17) is 11.5 Å². The van der Waals surface area contributed by atoms with Gasteiger partial charge in [0.1, 0.15) is 0 Å². The zero-order chi connectivity index (χ0) is 10.9. The number of anilines is 1. The number of nitrogen functional groups attached to an aromatic ring is 1. The van der Waals surface area contributed by atoms with E-state index in [1.54, 1.807) is 0 Å². The molecule has 3 nitrogen and oxygen atoms in total. The lowest BCUT2D eigenvalue weighted by Gasteiger charge is -2.09. The molecule has 0 bridgehead atoms. The van der Waals surface area contributed by atoms with Gasteiger partial charge in [-0.25, -0.2) is 0 Å². The number of halogens is 3. The smallest absolute Gasteiger partial charge is 0.398 e. The zero-order valence-corrected chi connectivity index (χ0v) is 6.93. The quantitative estimate of drug-likeness (QED) is 0.678. The SMILES string of the molecule is NC(=O)c1ccc(C(F)(F)F)c(N)c1. The van der Waals surface area contributed by atoms with Gasteiger partial charge in [0.15, 0.2) is 0 Å². The van der Waals surface area contributed by atoms with Gasteiger partial charge in [-0.1, -0.05) is 0 Å². The number of amides is 1. The van der Waals surface area contributed by atoms with Crippen LogP contribution in [0, 0.1) is 0 Å². The van der Waals surface area contributed by atoms with Crippen LogP contribution in [0.1, 0.15) is 15.9 Å². The minimum atomic E-state index is -4.51. The van der Waals surface area contributed by atoms with Crippen molar-refractivity contribution in [1.82, 2.24) is 0 Å². The van der Waals surface area contributed by atoms with Crippen LogP contribution in [0.25, 0.3) is 0 Å². The Bertz CT molecular complexity index is 373. The molecule has 0 aliphatic rings. The average Bonchev–Trinajstić information content (AvgIpc) is 2.01. The normalized spacial score (nSPS) is 11.4. The predicted octanol–water partition coefficient (Wildman–Crippen LogP) is 1.39. The Morgan fingerprint density at radius 3 is 2.21 bits per heavy atom. The lowest BCUT2D eigenvalue weighted by atomic mass is 10.1. The number of hydrogen-bond acceptors (Lipinski definition) is 2. The number of rotatable bonds is 1. The second kappa shape index (κ2) is 3.21. The van der Waals surface area contributed by atoms with Crippen molar-refractivity contribution in [2.45, 2.75) is 6.18 Å². The van der Waals surface area contributed by atoms with Crippen LogP contribution in [0.3, 0.4) is 0 Å². The molecule has 0 heterocycles. The van der Waals surface area contributed by atoms with Gasteiger partial charge < -0.3 is 11.5 Å². The molecule has 1 aromatic rings. The number of benzene rings is 1. The highest BCUT2D eigenvalue weighted by Gasteiger charge is 2.32. The third-order valence-corrected chi connectivity index (χ3v) is 1.64. The van der Waals surface area contributed by atoms with Crippen molar-refractivity contribution in [2.24, 2.45) is 5.73 Å². The number of carbonyl (C=O) groups excluding carboxylic acids is 1. The minimum Gasteiger partial charge on any atom is -0.398 e. The summed E-state index contributed by atoms with van der Waals surface area (Å²) in [7, 11) is 0. The first-order chi connectivity index (χ1) is 6.32.